The summed E-state index contributed by atoms with van der Waals surface area (Å²) in [5, 5.41) is 4.44. The smallest absolute Gasteiger partial charge is 0.0565 e. The van der Waals surface area contributed by atoms with E-state index < -0.39 is 0 Å². The van der Waals surface area contributed by atoms with Crippen molar-refractivity contribution in [2.75, 3.05) is 13.1 Å². The van der Waals surface area contributed by atoms with Crippen LogP contribution in [0.1, 0.15) is 94.1 Å². The van der Waals surface area contributed by atoms with Gasteiger partial charge in [0.25, 0.3) is 0 Å². The molecule has 162 valence electrons. The molecule has 0 aliphatic heterocycles. The first-order chi connectivity index (χ1) is 14.8. The first-order valence-corrected chi connectivity index (χ1v) is 13.1. The van der Waals surface area contributed by atoms with E-state index in [0.717, 1.165) is 65.6 Å². The van der Waals surface area contributed by atoms with Gasteiger partial charge in [0.2, 0.25) is 0 Å². The number of halogens is 1. The van der Waals surface area contributed by atoms with Gasteiger partial charge >= 0.3 is 0 Å². The topological polar surface area (TPSA) is 12.0 Å². The van der Waals surface area contributed by atoms with Crippen molar-refractivity contribution < 1.29 is 0 Å². The van der Waals surface area contributed by atoms with E-state index in [2.05, 4.69) is 35.4 Å². The maximum Gasteiger partial charge on any atom is 0.0565 e. The van der Waals surface area contributed by atoms with Crippen LogP contribution in [0.2, 0.25) is 5.02 Å². The third kappa shape index (κ3) is 4.76. The van der Waals surface area contributed by atoms with Gasteiger partial charge in [0.15, 0.2) is 0 Å². The van der Waals surface area contributed by atoms with Crippen LogP contribution in [0.15, 0.2) is 18.2 Å². The zero-order valence-electron chi connectivity index (χ0n) is 18.5. The van der Waals surface area contributed by atoms with Crippen LogP contribution in [0.25, 0.3) is 0 Å². The van der Waals surface area contributed by atoms with E-state index >= 15 is 0 Å². The number of benzene rings is 1. The molecule has 0 amide bonds. The first kappa shape index (κ1) is 20.9. The molecule has 30 heavy (non-hydrogen) atoms. The maximum absolute atomic E-state index is 6.67. The molecule has 5 aliphatic rings. The molecule has 0 radical (unpaired) electrons. The summed E-state index contributed by atoms with van der Waals surface area (Å²) >= 11 is 6.67. The van der Waals surface area contributed by atoms with Gasteiger partial charge in [-0.15, -0.1) is 0 Å². The van der Waals surface area contributed by atoms with E-state index in [0.29, 0.717) is 0 Å². The Balaban J connectivity index is 1.10. The molecule has 0 spiro atoms. The Morgan fingerprint density at radius 3 is 2.33 bits per heavy atom. The van der Waals surface area contributed by atoms with E-state index in [1.165, 1.54) is 76.2 Å². The molecule has 5 fully saturated rings. The molecule has 0 aromatic heterocycles. The number of hydrogen-bond donors (Lipinski definition) is 1. The lowest BCUT2D eigenvalue weighted by molar-refractivity contribution is -0.00277. The summed E-state index contributed by atoms with van der Waals surface area (Å²) in [7, 11) is 0. The molecular weight excluding hydrogens is 386 g/mol. The highest BCUT2D eigenvalue weighted by molar-refractivity contribution is 6.31. The number of nitrogens with one attached hydrogen (secondary N) is 1. The fourth-order valence-electron chi connectivity index (χ4n) is 7.53. The Bertz CT molecular complexity index is 754. The Kier molecular flexibility index (Phi) is 6.74. The van der Waals surface area contributed by atoms with Gasteiger partial charge in [-0.05, 0) is 98.3 Å². The summed E-state index contributed by atoms with van der Waals surface area (Å²) in [5.41, 5.74) is 2.50. The summed E-state index contributed by atoms with van der Waals surface area (Å²) in [6.45, 7) is 2.14. The van der Waals surface area contributed by atoms with Crippen molar-refractivity contribution in [2.24, 2.45) is 29.6 Å². The van der Waals surface area contributed by atoms with Crippen molar-refractivity contribution in [1.29, 1.82) is 0 Å². The summed E-state index contributed by atoms with van der Waals surface area (Å²) in [4.78, 5) is 0. The predicted molar refractivity (Wildman–Crippen MR) is 127 cm³/mol. The van der Waals surface area contributed by atoms with Gasteiger partial charge in [-0.2, -0.15) is 0 Å². The molecule has 2 heteroatoms. The Hall–Kier alpha value is -0.970. The average Bonchev–Trinajstić information content (AvgIpc) is 2.74. The van der Waals surface area contributed by atoms with Crippen LogP contribution in [0.3, 0.4) is 0 Å². The van der Waals surface area contributed by atoms with Crippen molar-refractivity contribution in [2.45, 2.75) is 83.0 Å². The second kappa shape index (κ2) is 9.67. The van der Waals surface area contributed by atoms with Crippen LogP contribution in [0.4, 0.5) is 0 Å². The van der Waals surface area contributed by atoms with E-state index in [9.17, 15) is 0 Å². The van der Waals surface area contributed by atoms with E-state index in [4.69, 9.17) is 11.6 Å². The van der Waals surface area contributed by atoms with E-state index in [1.54, 1.807) is 0 Å². The first-order valence-electron chi connectivity index (χ1n) is 12.8. The zero-order chi connectivity index (χ0) is 20.3. The van der Waals surface area contributed by atoms with Crippen molar-refractivity contribution in [1.82, 2.24) is 5.32 Å². The molecule has 1 N–H and O–H groups in total. The van der Waals surface area contributed by atoms with Gasteiger partial charge in [0.1, 0.15) is 0 Å². The predicted octanol–water partition coefficient (Wildman–Crippen LogP) is 7.18. The molecule has 0 heterocycles. The summed E-state index contributed by atoms with van der Waals surface area (Å²) in [6, 6.07) is 6.78. The van der Waals surface area contributed by atoms with Crippen LogP contribution in [0, 0.1) is 41.4 Å². The van der Waals surface area contributed by atoms with Crippen LogP contribution in [0.5, 0.6) is 0 Å². The highest BCUT2D eigenvalue weighted by Gasteiger charge is 2.48. The molecule has 0 unspecified atom stereocenters. The minimum absolute atomic E-state index is 0.755. The largest absolute Gasteiger partial charge is 0.316 e. The zero-order valence-corrected chi connectivity index (χ0v) is 19.2. The summed E-state index contributed by atoms with van der Waals surface area (Å²) < 4.78 is 0. The third-order valence-electron chi connectivity index (χ3n) is 8.71. The van der Waals surface area contributed by atoms with E-state index in [1.807, 2.05) is 0 Å². The minimum atomic E-state index is 0.755. The molecule has 1 aromatic rings. The van der Waals surface area contributed by atoms with Crippen molar-refractivity contribution in [3.8, 4) is 11.8 Å². The van der Waals surface area contributed by atoms with Gasteiger partial charge in [0, 0.05) is 18.5 Å². The van der Waals surface area contributed by atoms with Gasteiger partial charge < -0.3 is 5.32 Å². The Morgan fingerprint density at radius 1 is 0.900 bits per heavy atom. The summed E-state index contributed by atoms with van der Waals surface area (Å²) in [5.74, 6) is 12.3. The lowest BCUT2D eigenvalue weighted by atomic mass is 9.51. The van der Waals surface area contributed by atoms with Gasteiger partial charge in [-0.1, -0.05) is 61.6 Å². The number of rotatable bonds is 6. The van der Waals surface area contributed by atoms with Gasteiger partial charge in [-0.3, -0.25) is 0 Å². The molecule has 4 bridgehead atoms. The average molecular weight is 424 g/mol. The third-order valence-corrected chi connectivity index (χ3v) is 9.02. The van der Waals surface area contributed by atoms with Crippen molar-refractivity contribution >= 4 is 11.6 Å². The summed E-state index contributed by atoms with van der Waals surface area (Å²) in [6.07, 6.45) is 16.8. The van der Waals surface area contributed by atoms with Crippen LogP contribution >= 0.6 is 11.6 Å². The second-order valence-electron chi connectivity index (χ2n) is 10.8. The lowest BCUT2D eigenvalue weighted by Gasteiger charge is -2.54. The van der Waals surface area contributed by atoms with Crippen LogP contribution in [-0.4, -0.2) is 13.1 Å². The van der Waals surface area contributed by atoms with E-state index in [-0.39, 0.29) is 0 Å². The maximum atomic E-state index is 6.67. The van der Waals surface area contributed by atoms with Crippen molar-refractivity contribution in [3.63, 3.8) is 0 Å². The molecule has 5 saturated carbocycles. The highest BCUT2D eigenvalue weighted by Crippen LogP contribution is 2.59. The normalized spacial score (nSPS) is 32.8. The van der Waals surface area contributed by atoms with Crippen LogP contribution in [-0.2, 0) is 0 Å². The minimum Gasteiger partial charge on any atom is -0.316 e. The fraction of sp³-hybridized carbons (Fsp3) is 0.714. The lowest BCUT2D eigenvalue weighted by Crippen LogP contribution is -2.43. The second-order valence-corrected chi connectivity index (χ2v) is 11.2. The van der Waals surface area contributed by atoms with Gasteiger partial charge in [-0.25, -0.2) is 0 Å². The molecule has 5 aliphatic carbocycles. The SMILES string of the molecule is Clc1cc(C2C3CC4CC(C3)CC2C4)ccc1C#CCCNCCC1CCCCC1. The molecule has 1 nitrogen and oxygen atoms in total. The van der Waals surface area contributed by atoms with Crippen LogP contribution < -0.4 is 5.32 Å². The highest BCUT2D eigenvalue weighted by atomic mass is 35.5. The molecular formula is C28H38ClN. The quantitative estimate of drug-likeness (QED) is 0.377. The molecule has 6 rings (SSSR count). The standard InChI is InChI=1S/C28H38ClN/c29-27-19-24(28-25-15-21-14-22(17-25)18-26(28)16-21)10-9-23(27)8-4-5-12-30-13-11-20-6-2-1-3-7-20/h9-10,19-22,25-26,28,30H,1-3,5-7,11-18H2. The Morgan fingerprint density at radius 2 is 1.63 bits per heavy atom. The Labute approximate surface area is 188 Å². The number of hydrogen-bond acceptors (Lipinski definition) is 1. The monoisotopic (exact) mass is 423 g/mol. The van der Waals surface area contributed by atoms with Crippen molar-refractivity contribution in [3.05, 3.63) is 34.3 Å². The molecule has 0 saturated heterocycles. The molecule has 0 atom stereocenters. The fourth-order valence-corrected chi connectivity index (χ4v) is 7.76. The molecule has 1 aromatic carbocycles. The van der Waals surface area contributed by atoms with Gasteiger partial charge in [0.05, 0.1) is 5.02 Å².